The zero-order chi connectivity index (χ0) is 18.4. The molecule has 3 rings (SSSR count). The van der Waals surface area contributed by atoms with Gasteiger partial charge in [0.15, 0.2) is 10.9 Å². The largest absolute Gasteiger partial charge is 0.362 e. The van der Waals surface area contributed by atoms with Crippen LogP contribution in [0.15, 0.2) is 24.3 Å². The molecule has 1 heterocycles. The zero-order valence-electron chi connectivity index (χ0n) is 15.6. The fourth-order valence-electron chi connectivity index (χ4n) is 3.04. The highest BCUT2D eigenvalue weighted by atomic mass is 32.1. The maximum absolute atomic E-state index is 5.47. The smallest absolute Gasteiger partial charge is 0.182 e. The number of tetrazole rings is 1. The molecule has 0 amide bonds. The Labute approximate surface area is 160 Å². The van der Waals surface area contributed by atoms with Crippen LogP contribution in [0.25, 0.3) is 11.4 Å². The summed E-state index contributed by atoms with van der Waals surface area (Å²) in [5.74, 6) is 1.49. The molecule has 0 unspecified atom stereocenters. The topological polar surface area (TPSA) is 67.7 Å². The molecule has 1 aliphatic rings. The van der Waals surface area contributed by atoms with Crippen molar-refractivity contribution in [3.63, 3.8) is 0 Å². The minimum atomic E-state index is 0.452. The second kappa shape index (κ2) is 9.07. The van der Waals surface area contributed by atoms with E-state index in [1.807, 2.05) is 28.9 Å². The highest BCUT2D eigenvalue weighted by Gasteiger charge is 2.28. The third kappa shape index (κ3) is 5.00. The molecule has 0 saturated heterocycles. The van der Waals surface area contributed by atoms with Crippen LogP contribution in [-0.2, 0) is 0 Å². The van der Waals surface area contributed by atoms with E-state index in [0.29, 0.717) is 17.1 Å². The van der Waals surface area contributed by atoms with E-state index in [-0.39, 0.29) is 0 Å². The Morgan fingerprint density at radius 2 is 2.19 bits per heavy atom. The first-order chi connectivity index (χ1) is 12.7. The molecular formula is C19H28N6S. The summed E-state index contributed by atoms with van der Waals surface area (Å²) >= 11 is 5.47. The second-order valence-electron chi connectivity index (χ2n) is 7.01. The molecule has 1 aliphatic carbocycles. The number of nitrogens with one attached hydrogen (secondary N) is 2. The molecule has 1 saturated carbocycles. The van der Waals surface area contributed by atoms with Crippen LogP contribution in [0.4, 0.5) is 5.69 Å². The SMILES string of the molecule is CCCC[C@H](CC)CNC(=S)Nc1cccc(-c2nnnn2C2CC2)c1. The molecule has 0 spiro atoms. The standard InChI is InChI=1S/C19H28N6S/c1-3-5-7-14(4-2)13-20-19(26)21-16-9-6-8-15(12-16)18-22-23-24-25(18)17-10-11-17/h6,8-9,12,14,17H,3-5,7,10-11,13H2,1-2H3,(H2,20,21,26)/t14-/m0/s1. The first-order valence-corrected chi connectivity index (χ1v) is 10.0. The van der Waals surface area contributed by atoms with Crippen LogP contribution in [0.3, 0.4) is 0 Å². The zero-order valence-corrected chi connectivity index (χ0v) is 16.4. The van der Waals surface area contributed by atoms with Gasteiger partial charge >= 0.3 is 0 Å². The Morgan fingerprint density at radius 3 is 2.92 bits per heavy atom. The van der Waals surface area contributed by atoms with E-state index in [1.54, 1.807) is 0 Å². The number of benzene rings is 1. The van der Waals surface area contributed by atoms with Crippen LogP contribution < -0.4 is 10.6 Å². The summed E-state index contributed by atoms with van der Waals surface area (Å²) < 4.78 is 1.93. The van der Waals surface area contributed by atoms with Crippen LogP contribution in [0.1, 0.15) is 58.4 Å². The van der Waals surface area contributed by atoms with E-state index in [2.05, 4.69) is 40.0 Å². The van der Waals surface area contributed by atoms with Gasteiger partial charge in [-0.3, -0.25) is 0 Å². The number of anilines is 1. The lowest BCUT2D eigenvalue weighted by atomic mass is 9.99. The van der Waals surface area contributed by atoms with Gasteiger partial charge in [0.2, 0.25) is 0 Å². The fraction of sp³-hybridized carbons (Fsp3) is 0.579. The second-order valence-corrected chi connectivity index (χ2v) is 7.42. The van der Waals surface area contributed by atoms with Crippen molar-refractivity contribution in [3.05, 3.63) is 24.3 Å². The summed E-state index contributed by atoms with van der Waals surface area (Å²) in [6.07, 6.45) is 7.25. The van der Waals surface area contributed by atoms with E-state index in [1.165, 1.54) is 25.7 Å². The third-order valence-electron chi connectivity index (χ3n) is 4.86. The summed E-state index contributed by atoms with van der Waals surface area (Å²) in [6.45, 7) is 5.40. The Hall–Kier alpha value is -2.02. The average molecular weight is 373 g/mol. The molecule has 1 fully saturated rings. The van der Waals surface area contributed by atoms with Gasteiger partial charge in [-0.2, -0.15) is 0 Å². The van der Waals surface area contributed by atoms with Gasteiger partial charge in [0.1, 0.15) is 0 Å². The van der Waals surface area contributed by atoms with Crippen LogP contribution in [-0.4, -0.2) is 31.9 Å². The lowest BCUT2D eigenvalue weighted by molar-refractivity contribution is 0.446. The van der Waals surface area contributed by atoms with Crippen molar-refractivity contribution < 1.29 is 0 Å². The van der Waals surface area contributed by atoms with Gasteiger partial charge in [-0.25, -0.2) is 4.68 Å². The van der Waals surface area contributed by atoms with E-state index < -0.39 is 0 Å². The molecule has 6 nitrogen and oxygen atoms in total. The molecule has 2 N–H and O–H groups in total. The van der Waals surface area contributed by atoms with Crippen LogP contribution in [0, 0.1) is 5.92 Å². The molecule has 0 bridgehead atoms. The van der Waals surface area contributed by atoms with Crippen molar-refractivity contribution in [1.82, 2.24) is 25.5 Å². The average Bonchev–Trinajstić information content (AvgIpc) is 3.38. The van der Waals surface area contributed by atoms with E-state index in [4.69, 9.17) is 12.2 Å². The third-order valence-corrected chi connectivity index (χ3v) is 5.11. The monoisotopic (exact) mass is 372 g/mol. The van der Waals surface area contributed by atoms with Crippen molar-refractivity contribution in [2.75, 3.05) is 11.9 Å². The number of hydrogen-bond donors (Lipinski definition) is 2. The number of aromatic nitrogens is 4. The van der Waals surface area contributed by atoms with E-state index >= 15 is 0 Å². The van der Waals surface area contributed by atoms with Gasteiger partial charge in [0.25, 0.3) is 0 Å². The van der Waals surface area contributed by atoms with Gasteiger partial charge in [0.05, 0.1) is 6.04 Å². The lowest BCUT2D eigenvalue weighted by Crippen LogP contribution is -2.32. The minimum absolute atomic E-state index is 0.452. The van der Waals surface area contributed by atoms with Gasteiger partial charge in [-0.05, 0) is 60.0 Å². The van der Waals surface area contributed by atoms with Crippen molar-refractivity contribution in [1.29, 1.82) is 0 Å². The molecule has 0 radical (unpaired) electrons. The van der Waals surface area contributed by atoms with Gasteiger partial charge < -0.3 is 10.6 Å². The normalized spacial score (nSPS) is 14.8. The summed E-state index contributed by atoms with van der Waals surface area (Å²) in [5.41, 5.74) is 1.95. The molecule has 2 aromatic rings. The molecule has 1 atom stereocenters. The Kier molecular flexibility index (Phi) is 6.55. The Balaban J connectivity index is 1.58. The van der Waals surface area contributed by atoms with Crippen LogP contribution >= 0.6 is 12.2 Å². The number of rotatable bonds is 9. The van der Waals surface area contributed by atoms with E-state index in [9.17, 15) is 0 Å². The number of nitrogens with zero attached hydrogens (tertiary/aromatic N) is 4. The lowest BCUT2D eigenvalue weighted by Gasteiger charge is -2.17. The number of thiocarbonyl (C=S) groups is 1. The first-order valence-electron chi connectivity index (χ1n) is 9.64. The molecule has 0 aliphatic heterocycles. The highest BCUT2D eigenvalue weighted by molar-refractivity contribution is 7.80. The predicted octanol–water partition coefficient (Wildman–Crippen LogP) is 4.18. The highest BCUT2D eigenvalue weighted by Crippen LogP contribution is 2.36. The number of hydrogen-bond acceptors (Lipinski definition) is 4. The number of unbranched alkanes of at least 4 members (excludes halogenated alkanes) is 1. The predicted molar refractivity (Wildman–Crippen MR) is 109 cm³/mol. The summed E-state index contributed by atoms with van der Waals surface area (Å²) in [7, 11) is 0. The van der Waals surface area contributed by atoms with Crippen LogP contribution in [0.2, 0.25) is 0 Å². The molecule has 1 aromatic carbocycles. The molecule has 140 valence electrons. The van der Waals surface area contributed by atoms with Gasteiger partial charge in [-0.1, -0.05) is 45.2 Å². The molecule has 1 aromatic heterocycles. The molecule has 26 heavy (non-hydrogen) atoms. The Morgan fingerprint density at radius 1 is 1.35 bits per heavy atom. The van der Waals surface area contributed by atoms with Gasteiger partial charge in [0, 0.05) is 17.8 Å². The molecule has 7 heteroatoms. The summed E-state index contributed by atoms with van der Waals surface area (Å²) in [5, 5.41) is 19.5. The van der Waals surface area contributed by atoms with Crippen molar-refractivity contribution in [3.8, 4) is 11.4 Å². The quantitative estimate of drug-likeness (QED) is 0.644. The summed E-state index contributed by atoms with van der Waals surface area (Å²) in [6, 6.07) is 8.55. The first kappa shape index (κ1) is 18.8. The Bertz CT molecular complexity index is 724. The van der Waals surface area contributed by atoms with Gasteiger partial charge in [-0.15, -0.1) is 5.10 Å². The van der Waals surface area contributed by atoms with Crippen molar-refractivity contribution >= 4 is 23.0 Å². The maximum Gasteiger partial charge on any atom is 0.182 e. The van der Waals surface area contributed by atoms with Crippen LogP contribution in [0.5, 0.6) is 0 Å². The summed E-state index contributed by atoms with van der Waals surface area (Å²) in [4.78, 5) is 0. The van der Waals surface area contributed by atoms with Crippen molar-refractivity contribution in [2.24, 2.45) is 5.92 Å². The van der Waals surface area contributed by atoms with Crippen molar-refractivity contribution in [2.45, 2.75) is 58.4 Å². The fourth-order valence-corrected chi connectivity index (χ4v) is 3.24. The molecular weight excluding hydrogens is 344 g/mol. The maximum atomic E-state index is 5.47. The van der Waals surface area contributed by atoms with E-state index in [0.717, 1.165) is 36.5 Å². The minimum Gasteiger partial charge on any atom is -0.362 e.